The maximum Gasteiger partial charge on any atom is 0.343 e. The molecule has 0 saturated heterocycles. The van der Waals surface area contributed by atoms with Crippen molar-refractivity contribution in [2.75, 3.05) is 6.61 Å². The van der Waals surface area contributed by atoms with Crippen LogP contribution in [0.5, 0.6) is 16.7 Å². The van der Waals surface area contributed by atoms with Gasteiger partial charge in [-0.15, -0.1) is 0 Å². The number of hydrogen-bond donors (Lipinski definition) is 0. The number of thiazole rings is 1. The fraction of sp³-hybridized carbons (Fsp3) is 0.158. The van der Waals surface area contributed by atoms with Crippen molar-refractivity contribution < 1.29 is 19.0 Å². The molecule has 0 fully saturated rings. The van der Waals surface area contributed by atoms with Crippen LogP contribution in [0.1, 0.15) is 21.5 Å². The molecule has 2 heterocycles. The third-order valence-corrected chi connectivity index (χ3v) is 4.51. The Hall–Kier alpha value is -2.70. The van der Waals surface area contributed by atoms with Crippen molar-refractivity contribution in [2.45, 2.75) is 13.0 Å². The van der Waals surface area contributed by atoms with Gasteiger partial charge in [0.1, 0.15) is 11.5 Å². The lowest BCUT2D eigenvalue weighted by Gasteiger charge is -2.16. The SMILES string of the molecule is O=C(Oc1ccc(Oc2nccs2)cc1)c1ccc2c(c1)COCC2. The minimum absolute atomic E-state index is 0.387. The van der Waals surface area contributed by atoms with E-state index in [0.29, 0.717) is 28.9 Å². The smallest absolute Gasteiger partial charge is 0.343 e. The van der Waals surface area contributed by atoms with Crippen LogP contribution in [0.15, 0.2) is 54.0 Å². The van der Waals surface area contributed by atoms with Gasteiger partial charge in [0.25, 0.3) is 5.19 Å². The van der Waals surface area contributed by atoms with Crippen LogP contribution in [-0.4, -0.2) is 17.6 Å². The summed E-state index contributed by atoms with van der Waals surface area (Å²) >= 11 is 1.41. The van der Waals surface area contributed by atoms with Crippen molar-refractivity contribution in [3.05, 3.63) is 70.7 Å². The molecule has 0 saturated carbocycles. The number of benzene rings is 2. The number of carbonyl (C=O) groups excluding carboxylic acids is 1. The first-order chi connectivity index (χ1) is 12.3. The molecule has 1 aliphatic rings. The summed E-state index contributed by atoms with van der Waals surface area (Å²) in [4.78, 5) is 16.4. The van der Waals surface area contributed by atoms with Crippen LogP contribution in [-0.2, 0) is 17.8 Å². The van der Waals surface area contributed by atoms with Crippen LogP contribution in [0.3, 0.4) is 0 Å². The number of aromatic nitrogens is 1. The molecule has 5 nitrogen and oxygen atoms in total. The second-order valence-electron chi connectivity index (χ2n) is 5.55. The van der Waals surface area contributed by atoms with E-state index in [-0.39, 0.29) is 5.97 Å². The molecule has 0 N–H and O–H groups in total. The maximum atomic E-state index is 12.3. The lowest BCUT2D eigenvalue weighted by Crippen LogP contribution is -2.13. The summed E-state index contributed by atoms with van der Waals surface area (Å²) in [6.07, 6.45) is 2.56. The van der Waals surface area contributed by atoms with Crippen LogP contribution >= 0.6 is 11.3 Å². The van der Waals surface area contributed by atoms with Crippen molar-refractivity contribution in [1.82, 2.24) is 4.98 Å². The fourth-order valence-corrected chi connectivity index (χ4v) is 3.10. The number of carbonyl (C=O) groups is 1. The summed E-state index contributed by atoms with van der Waals surface area (Å²) in [6.45, 7) is 1.27. The molecule has 4 rings (SSSR count). The molecule has 0 bridgehead atoms. The van der Waals surface area contributed by atoms with Crippen molar-refractivity contribution in [2.24, 2.45) is 0 Å². The van der Waals surface area contributed by atoms with E-state index in [2.05, 4.69) is 4.98 Å². The highest BCUT2D eigenvalue weighted by atomic mass is 32.1. The third kappa shape index (κ3) is 3.70. The van der Waals surface area contributed by atoms with Gasteiger partial charge in [-0.1, -0.05) is 17.4 Å². The number of nitrogens with zero attached hydrogens (tertiary/aromatic N) is 1. The van der Waals surface area contributed by atoms with Gasteiger partial charge in [-0.2, -0.15) is 0 Å². The lowest BCUT2D eigenvalue weighted by molar-refractivity contribution is 0.0733. The molecule has 0 spiro atoms. The van der Waals surface area contributed by atoms with E-state index < -0.39 is 0 Å². The Morgan fingerprint density at radius 3 is 2.72 bits per heavy atom. The van der Waals surface area contributed by atoms with E-state index in [1.807, 2.05) is 17.5 Å². The van der Waals surface area contributed by atoms with Gasteiger partial charge in [-0.25, -0.2) is 9.78 Å². The van der Waals surface area contributed by atoms with Gasteiger partial charge in [-0.05, 0) is 53.9 Å². The average molecular weight is 353 g/mol. The Labute approximate surface area is 148 Å². The van der Waals surface area contributed by atoms with Gasteiger partial charge in [0.2, 0.25) is 0 Å². The number of rotatable bonds is 4. The Bertz CT molecular complexity index is 875. The molecular formula is C19H15NO4S. The van der Waals surface area contributed by atoms with Gasteiger partial charge in [0.05, 0.1) is 18.8 Å². The zero-order valence-corrected chi connectivity index (χ0v) is 14.1. The van der Waals surface area contributed by atoms with Gasteiger partial charge in [0.15, 0.2) is 0 Å². The second-order valence-corrected chi connectivity index (χ2v) is 6.40. The number of hydrogen-bond acceptors (Lipinski definition) is 6. The van der Waals surface area contributed by atoms with Crippen LogP contribution in [0.25, 0.3) is 0 Å². The van der Waals surface area contributed by atoms with Gasteiger partial charge in [-0.3, -0.25) is 0 Å². The standard InChI is InChI=1S/C19H15NO4S/c21-18(14-2-1-13-7-9-22-12-15(13)11-14)23-16-3-5-17(6-4-16)24-19-20-8-10-25-19/h1-6,8,10-11H,7,9,12H2. The topological polar surface area (TPSA) is 57.7 Å². The fourth-order valence-electron chi connectivity index (χ4n) is 2.60. The maximum absolute atomic E-state index is 12.3. The quantitative estimate of drug-likeness (QED) is 0.519. The molecule has 0 amide bonds. The Kier molecular flexibility index (Phi) is 4.45. The number of ether oxygens (including phenoxy) is 3. The molecule has 2 aromatic carbocycles. The zero-order valence-electron chi connectivity index (χ0n) is 13.3. The second kappa shape index (κ2) is 7.04. The summed E-state index contributed by atoms with van der Waals surface area (Å²) in [5.74, 6) is 0.716. The molecule has 126 valence electrons. The van der Waals surface area contributed by atoms with E-state index in [0.717, 1.165) is 18.6 Å². The molecule has 25 heavy (non-hydrogen) atoms. The third-order valence-electron chi connectivity index (χ3n) is 3.86. The molecule has 0 unspecified atom stereocenters. The predicted molar refractivity (Wildman–Crippen MR) is 93.4 cm³/mol. The van der Waals surface area contributed by atoms with Crippen molar-refractivity contribution in [3.63, 3.8) is 0 Å². The molecule has 0 atom stereocenters. The van der Waals surface area contributed by atoms with Gasteiger partial charge in [0, 0.05) is 11.6 Å². The first kappa shape index (κ1) is 15.8. The Balaban J connectivity index is 1.43. The highest BCUT2D eigenvalue weighted by molar-refractivity contribution is 7.11. The lowest BCUT2D eigenvalue weighted by atomic mass is 10.0. The minimum Gasteiger partial charge on any atom is -0.431 e. The van der Waals surface area contributed by atoms with Gasteiger partial charge < -0.3 is 14.2 Å². The average Bonchev–Trinajstić information content (AvgIpc) is 3.16. The van der Waals surface area contributed by atoms with Gasteiger partial charge >= 0.3 is 5.97 Å². The highest BCUT2D eigenvalue weighted by Crippen LogP contribution is 2.26. The molecule has 1 aliphatic heterocycles. The van der Waals surface area contributed by atoms with Crippen LogP contribution in [0, 0.1) is 0 Å². The number of fused-ring (bicyclic) bond motifs is 1. The zero-order chi connectivity index (χ0) is 17.1. The monoisotopic (exact) mass is 353 g/mol. The molecule has 0 radical (unpaired) electrons. The molecule has 3 aromatic rings. The van der Waals surface area contributed by atoms with Crippen LogP contribution in [0.4, 0.5) is 0 Å². The number of esters is 1. The van der Waals surface area contributed by atoms with E-state index in [4.69, 9.17) is 14.2 Å². The van der Waals surface area contributed by atoms with E-state index >= 15 is 0 Å². The first-order valence-electron chi connectivity index (χ1n) is 7.87. The minimum atomic E-state index is -0.387. The Morgan fingerprint density at radius 1 is 1.08 bits per heavy atom. The normalized spacial score (nSPS) is 13.1. The van der Waals surface area contributed by atoms with E-state index in [1.165, 1.54) is 16.9 Å². The van der Waals surface area contributed by atoms with Crippen LogP contribution in [0.2, 0.25) is 0 Å². The summed E-state index contributed by atoms with van der Waals surface area (Å²) in [5, 5.41) is 2.41. The Morgan fingerprint density at radius 2 is 1.92 bits per heavy atom. The summed E-state index contributed by atoms with van der Waals surface area (Å²) < 4.78 is 16.4. The summed E-state index contributed by atoms with van der Waals surface area (Å²) in [6, 6.07) is 12.5. The molecule has 1 aromatic heterocycles. The summed E-state index contributed by atoms with van der Waals surface area (Å²) in [5.41, 5.74) is 2.80. The summed E-state index contributed by atoms with van der Waals surface area (Å²) in [7, 11) is 0. The van der Waals surface area contributed by atoms with E-state index in [9.17, 15) is 4.79 Å². The first-order valence-corrected chi connectivity index (χ1v) is 8.75. The predicted octanol–water partition coefficient (Wildman–Crippen LogP) is 4.23. The van der Waals surface area contributed by atoms with E-state index in [1.54, 1.807) is 36.5 Å². The highest BCUT2D eigenvalue weighted by Gasteiger charge is 2.14. The molecule has 0 aliphatic carbocycles. The molecule has 6 heteroatoms. The van der Waals surface area contributed by atoms with Crippen LogP contribution < -0.4 is 9.47 Å². The molecular weight excluding hydrogens is 338 g/mol. The largest absolute Gasteiger partial charge is 0.431 e. The van der Waals surface area contributed by atoms with Crippen molar-refractivity contribution in [1.29, 1.82) is 0 Å². The van der Waals surface area contributed by atoms with Crippen molar-refractivity contribution >= 4 is 17.3 Å². The van der Waals surface area contributed by atoms with Crippen molar-refractivity contribution in [3.8, 4) is 16.7 Å².